The van der Waals surface area contributed by atoms with Gasteiger partial charge in [0.2, 0.25) is 0 Å². The van der Waals surface area contributed by atoms with Crippen LogP contribution in [0.15, 0.2) is 71.8 Å². The van der Waals surface area contributed by atoms with Gasteiger partial charge in [-0.15, -0.1) is 0 Å². The van der Waals surface area contributed by atoms with Crippen molar-refractivity contribution in [2.75, 3.05) is 5.32 Å². The maximum absolute atomic E-state index is 12.4. The van der Waals surface area contributed by atoms with Crippen molar-refractivity contribution in [1.29, 1.82) is 0 Å². The Balaban J connectivity index is 1.71. The van der Waals surface area contributed by atoms with E-state index in [1.165, 1.54) is 18.2 Å². The summed E-state index contributed by atoms with van der Waals surface area (Å²) < 4.78 is 0. The number of carbonyl (C=O) groups is 2. The molecule has 0 bridgehead atoms. The van der Waals surface area contributed by atoms with E-state index in [4.69, 9.17) is 23.2 Å². The Morgan fingerprint density at radius 3 is 2.30 bits per heavy atom. The average molecular weight is 442 g/mol. The summed E-state index contributed by atoms with van der Waals surface area (Å²) in [6.45, 7) is 1.71. The minimum atomic E-state index is -0.596. The summed E-state index contributed by atoms with van der Waals surface area (Å²) in [4.78, 5) is 24.6. The molecule has 0 spiro atoms. The van der Waals surface area contributed by atoms with Crippen LogP contribution in [0.5, 0.6) is 5.75 Å². The van der Waals surface area contributed by atoms with E-state index in [-0.39, 0.29) is 17.2 Å². The molecule has 3 rings (SSSR count). The van der Waals surface area contributed by atoms with E-state index in [1.54, 1.807) is 55.5 Å². The fraction of sp³-hybridized carbons (Fsp3) is 0.0455. The number of rotatable bonds is 5. The third kappa shape index (κ3) is 5.37. The lowest BCUT2D eigenvalue weighted by atomic mass is 10.1. The van der Waals surface area contributed by atoms with Crippen LogP contribution in [0.2, 0.25) is 10.0 Å². The minimum absolute atomic E-state index is 0.0167. The van der Waals surface area contributed by atoms with E-state index in [2.05, 4.69) is 15.8 Å². The van der Waals surface area contributed by atoms with Gasteiger partial charge in [-0.3, -0.25) is 9.59 Å². The Bertz CT molecular complexity index is 1130. The molecule has 0 aliphatic heterocycles. The zero-order chi connectivity index (χ0) is 21.7. The van der Waals surface area contributed by atoms with Gasteiger partial charge in [0, 0.05) is 21.3 Å². The highest BCUT2D eigenvalue weighted by molar-refractivity contribution is 6.31. The molecule has 0 aliphatic carbocycles. The van der Waals surface area contributed by atoms with E-state index in [1.807, 2.05) is 0 Å². The summed E-state index contributed by atoms with van der Waals surface area (Å²) in [6.07, 6.45) is 0. The van der Waals surface area contributed by atoms with Crippen LogP contribution in [0.1, 0.15) is 33.2 Å². The molecule has 6 nitrogen and oxygen atoms in total. The zero-order valence-corrected chi connectivity index (χ0v) is 17.3. The van der Waals surface area contributed by atoms with Gasteiger partial charge in [-0.2, -0.15) is 5.10 Å². The Morgan fingerprint density at radius 1 is 0.867 bits per heavy atom. The maximum Gasteiger partial charge on any atom is 0.275 e. The molecule has 30 heavy (non-hydrogen) atoms. The van der Waals surface area contributed by atoms with Gasteiger partial charge in [-0.25, -0.2) is 5.43 Å². The van der Waals surface area contributed by atoms with Crippen LogP contribution < -0.4 is 10.7 Å². The molecular formula is C22H17Cl2N3O3. The number of anilines is 1. The molecular weight excluding hydrogens is 425 g/mol. The molecule has 3 N–H and O–H groups in total. The summed E-state index contributed by atoms with van der Waals surface area (Å²) in [7, 11) is 0. The number of hydrazone groups is 1. The summed E-state index contributed by atoms with van der Waals surface area (Å²) in [6, 6.07) is 17.7. The van der Waals surface area contributed by atoms with Crippen LogP contribution in [-0.4, -0.2) is 22.6 Å². The second kappa shape index (κ2) is 9.43. The number of hydrogen-bond donors (Lipinski definition) is 3. The van der Waals surface area contributed by atoms with Gasteiger partial charge < -0.3 is 10.4 Å². The van der Waals surface area contributed by atoms with Crippen LogP contribution in [0.25, 0.3) is 0 Å². The summed E-state index contributed by atoms with van der Waals surface area (Å²) in [5.74, 6) is -1.07. The first-order valence-corrected chi connectivity index (χ1v) is 9.59. The molecule has 8 heteroatoms. The Hall–Kier alpha value is -3.35. The molecule has 0 radical (unpaired) electrons. The summed E-state index contributed by atoms with van der Waals surface area (Å²) in [5.41, 5.74) is 4.65. The molecule has 2 amide bonds. The van der Waals surface area contributed by atoms with Crippen molar-refractivity contribution < 1.29 is 14.7 Å². The van der Waals surface area contributed by atoms with E-state index < -0.39 is 5.91 Å². The third-order valence-electron chi connectivity index (χ3n) is 4.17. The van der Waals surface area contributed by atoms with Crippen molar-refractivity contribution in [3.8, 4) is 5.75 Å². The normalized spacial score (nSPS) is 11.1. The lowest BCUT2D eigenvalue weighted by Gasteiger charge is -2.08. The largest absolute Gasteiger partial charge is 0.507 e. The summed E-state index contributed by atoms with van der Waals surface area (Å²) in [5, 5.41) is 17.5. The van der Waals surface area contributed by atoms with Gasteiger partial charge in [0.25, 0.3) is 11.8 Å². The topological polar surface area (TPSA) is 90.8 Å². The number of amides is 2. The number of aromatic hydroxyl groups is 1. The van der Waals surface area contributed by atoms with Gasteiger partial charge in [0.05, 0.1) is 11.3 Å². The molecule has 0 heterocycles. The molecule has 0 saturated carbocycles. The second-order valence-electron chi connectivity index (χ2n) is 6.34. The number of hydrogen-bond acceptors (Lipinski definition) is 4. The smallest absolute Gasteiger partial charge is 0.275 e. The average Bonchev–Trinajstić information content (AvgIpc) is 2.74. The molecule has 0 aliphatic rings. The van der Waals surface area contributed by atoms with E-state index in [0.29, 0.717) is 32.6 Å². The van der Waals surface area contributed by atoms with Crippen molar-refractivity contribution in [2.45, 2.75) is 6.92 Å². The zero-order valence-electron chi connectivity index (χ0n) is 15.8. The highest BCUT2D eigenvalue weighted by atomic mass is 35.5. The van der Waals surface area contributed by atoms with Gasteiger partial charge in [-0.1, -0.05) is 35.3 Å². The number of benzene rings is 3. The fourth-order valence-corrected chi connectivity index (χ4v) is 2.87. The third-order valence-corrected chi connectivity index (χ3v) is 4.66. The first-order chi connectivity index (χ1) is 14.3. The predicted molar refractivity (Wildman–Crippen MR) is 119 cm³/mol. The van der Waals surface area contributed by atoms with Crippen LogP contribution in [0.4, 0.5) is 5.69 Å². The molecule has 0 unspecified atom stereocenters. The Kier molecular flexibility index (Phi) is 6.72. The first-order valence-electron chi connectivity index (χ1n) is 8.84. The molecule has 0 saturated heterocycles. The second-order valence-corrected chi connectivity index (χ2v) is 7.21. The van der Waals surface area contributed by atoms with E-state index >= 15 is 0 Å². The van der Waals surface area contributed by atoms with Gasteiger partial charge >= 0.3 is 0 Å². The number of phenolic OH excluding ortho intramolecular Hbond substituents is 1. The fourth-order valence-electron chi connectivity index (χ4n) is 2.58. The molecule has 0 fully saturated rings. The monoisotopic (exact) mass is 441 g/mol. The van der Waals surface area contributed by atoms with Crippen molar-refractivity contribution in [3.05, 3.63) is 93.5 Å². The molecule has 0 aromatic heterocycles. The number of nitrogens with zero attached hydrogens (tertiary/aromatic N) is 1. The number of phenols is 1. The first kappa shape index (κ1) is 21.4. The number of halogens is 2. The quantitative estimate of drug-likeness (QED) is 0.379. The van der Waals surface area contributed by atoms with Crippen molar-refractivity contribution in [3.63, 3.8) is 0 Å². The van der Waals surface area contributed by atoms with Crippen LogP contribution in [0, 0.1) is 0 Å². The van der Waals surface area contributed by atoms with Gasteiger partial charge in [0.15, 0.2) is 0 Å². The number of carbonyl (C=O) groups excluding carboxylic acids is 2. The lowest BCUT2D eigenvalue weighted by molar-refractivity contribution is 0.0951. The predicted octanol–water partition coefficient (Wildman–Crippen LogP) is 5.11. The molecule has 0 atom stereocenters. The SMILES string of the molecule is C/C(=N/NC(=O)c1cc(Cl)ccc1O)c1cccc(NC(=O)c2ccc(Cl)cc2)c1. The Labute approximate surface area is 183 Å². The molecule has 3 aromatic carbocycles. The molecule has 152 valence electrons. The van der Waals surface area contributed by atoms with E-state index in [0.717, 1.165) is 0 Å². The van der Waals surface area contributed by atoms with Crippen LogP contribution in [-0.2, 0) is 0 Å². The standard InChI is InChI=1S/C22H17Cl2N3O3/c1-13(26-27-22(30)19-12-17(24)9-10-20(19)28)15-3-2-4-18(11-15)25-21(29)14-5-7-16(23)8-6-14/h2-12,28H,1H3,(H,25,29)(H,27,30)/b26-13-. The van der Waals surface area contributed by atoms with Gasteiger partial charge in [-0.05, 0) is 67.1 Å². The van der Waals surface area contributed by atoms with E-state index in [9.17, 15) is 14.7 Å². The summed E-state index contributed by atoms with van der Waals surface area (Å²) >= 11 is 11.7. The van der Waals surface area contributed by atoms with Crippen LogP contribution >= 0.6 is 23.2 Å². The van der Waals surface area contributed by atoms with Crippen LogP contribution in [0.3, 0.4) is 0 Å². The highest BCUT2D eigenvalue weighted by Crippen LogP contribution is 2.21. The lowest BCUT2D eigenvalue weighted by Crippen LogP contribution is -2.19. The maximum atomic E-state index is 12.4. The van der Waals surface area contributed by atoms with Crippen molar-refractivity contribution >= 4 is 46.4 Å². The number of nitrogens with one attached hydrogen (secondary N) is 2. The van der Waals surface area contributed by atoms with Crippen molar-refractivity contribution in [1.82, 2.24) is 5.43 Å². The van der Waals surface area contributed by atoms with Crippen molar-refractivity contribution in [2.24, 2.45) is 5.10 Å². The minimum Gasteiger partial charge on any atom is -0.507 e. The Morgan fingerprint density at radius 2 is 1.57 bits per heavy atom. The highest BCUT2D eigenvalue weighted by Gasteiger charge is 2.12. The van der Waals surface area contributed by atoms with Gasteiger partial charge in [0.1, 0.15) is 5.75 Å². The molecule has 3 aromatic rings.